The molecule has 1 rings (SSSR count). The van der Waals surface area contributed by atoms with Crippen molar-refractivity contribution in [3.8, 4) is 0 Å². The Bertz CT molecular complexity index is 207. The third-order valence-corrected chi connectivity index (χ3v) is 1.64. The van der Waals surface area contributed by atoms with Gasteiger partial charge in [-0.25, -0.2) is 5.12 Å². The van der Waals surface area contributed by atoms with Crippen molar-refractivity contribution < 1.29 is 23.3 Å². The molecule has 1 nitrogen and oxygen atoms in total. The van der Waals surface area contributed by atoms with Gasteiger partial charge in [0.2, 0.25) is 0 Å². The molecule has 15 heavy (non-hydrogen) atoms. The largest absolute Gasteiger partial charge is 0.269 e. The molecule has 0 spiro atoms. The monoisotopic (exact) mass is 232 g/mol. The quantitative estimate of drug-likeness (QED) is 0.352. The van der Waals surface area contributed by atoms with E-state index in [1.807, 2.05) is 26.0 Å². The van der Waals surface area contributed by atoms with E-state index in [9.17, 15) is 4.48 Å². The molecule has 1 aliphatic heterocycles. The highest BCUT2D eigenvalue weighted by atomic mass is 19.2. The highest BCUT2D eigenvalue weighted by molar-refractivity contribution is 5.75. The summed E-state index contributed by atoms with van der Waals surface area (Å²) in [7, 11) is 0. The van der Waals surface area contributed by atoms with Crippen molar-refractivity contribution in [2.75, 3.05) is 0 Å². The lowest BCUT2D eigenvalue weighted by Crippen LogP contribution is -2.24. The molecule has 7 heteroatoms. The fraction of sp³-hybridized carbons (Fsp3) is 0.500. The number of rotatable bonds is 0. The van der Waals surface area contributed by atoms with Crippen molar-refractivity contribution >= 4 is 8.41 Å². The second-order valence-corrected chi connectivity index (χ2v) is 2.75. The molecule has 0 saturated carbocycles. The van der Waals surface area contributed by atoms with E-state index in [1.54, 1.807) is 6.92 Å². The third-order valence-electron chi connectivity index (χ3n) is 1.64. The molecule has 0 amide bonds. The molecule has 1 unspecified atom stereocenters. The Morgan fingerprint density at radius 2 is 1.53 bits per heavy atom. The Balaban J connectivity index is -0.0000000667. The molecule has 0 fully saturated rings. The van der Waals surface area contributed by atoms with Crippen LogP contribution < -0.4 is 0 Å². The number of allylic oxidation sites excluding steroid dienone is 3. The molecule has 3 radical (unpaired) electrons. The normalized spacial score (nSPS) is 17.3. The predicted octanol–water partition coefficient (Wildman–Crippen LogP) is 2.65. The number of hydrogen-bond donors (Lipinski definition) is 0. The van der Waals surface area contributed by atoms with Gasteiger partial charge in [0.25, 0.3) is 0 Å². The van der Waals surface area contributed by atoms with Gasteiger partial charge in [0.15, 0.2) is 0 Å². The smallest absolute Gasteiger partial charge is 0.0769 e. The second-order valence-electron chi connectivity index (χ2n) is 2.75. The Morgan fingerprint density at radius 3 is 1.87 bits per heavy atom. The van der Waals surface area contributed by atoms with Crippen LogP contribution in [-0.4, -0.2) is 19.6 Å². The lowest BCUT2D eigenvalue weighted by molar-refractivity contribution is 0.0444. The standard InChI is InChI=1S/C8H12FN.B.4FH/c1-6-4-7(2)10(9)8(3)5-6;;;;;/h4-5,7H,1-3H3;;4*1H. The third kappa shape index (κ3) is 6.99. The number of hydrogen-bond acceptors (Lipinski definition) is 1. The summed E-state index contributed by atoms with van der Waals surface area (Å²) in [5.41, 5.74) is 1.83. The summed E-state index contributed by atoms with van der Waals surface area (Å²) in [5.74, 6) is 0. The molecule has 1 atom stereocenters. The summed E-state index contributed by atoms with van der Waals surface area (Å²) >= 11 is 0. The van der Waals surface area contributed by atoms with Crippen LogP contribution in [-0.2, 0) is 0 Å². The summed E-state index contributed by atoms with van der Waals surface area (Å²) < 4.78 is 12.9. The topological polar surface area (TPSA) is 3.24 Å². The molecular weight excluding hydrogens is 216 g/mol. The summed E-state index contributed by atoms with van der Waals surface area (Å²) in [4.78, 5) is 0. The van der Waals surface area contributed by atoms with Crippen LogP contribution in [0.15, 0.2) is 23.4 Å². The Morgan fingerprint density at radius 1 is 1.13 bits per heavy atom. The average molecular weight is 232 g/mol. The van der Waals surface area contributed by atoms with Gasteiger partial charge in [-0.3, -0.25) is 18.8 Å². The highest BCUT2D eigenvalue weighted by Gasteiger charge is 2.14. The van der Waals surface area contributed by atoms with Gasteiger partial charge >= 0.3 is 0 Å². The van der Waals surface area contributed by atoms with E-state index in [1.165, 1.54) is 0 Å². The Kier molecular flexibility index (Phi) is 21.6. The van der Waals surface area contributed by atoms with Crippen molar-refractivity contribution in [3.05, 3.63) is 23.4 Å². The van der Waals surface area contributed by atoms with Gasteiger partial charge in [0, 0.05) is 14.1 Å². The molecule has 1 aliphatic rings. The maximum Gasteiger partial charge on any atom is 0.0769 e. The Labute approximate surface area is 88.0 Å². The molecule has 1 heterocycles. The zero-order valence-electron chi connectivity index (χ0n) is 8.77. The van der Waals surface area contributed by atoms with Gasteiger partial charge in [0.1, 0.15) is 0 Å². The highest BCUT2D eigenvalue weighted by Crippen LogP contribution is 2.19. The molecule has 0 aromatic rings. The summed E-state index contributed by atoms with van der Waals surface area (Å²) in [6.45, 7) is 5.58. The van der Waals surface area contributed by atoms with Crippen LogP contribution in [0.2, 0.25) is 0 Å². The lowest BCUT2D eigenvalue weighted by Gasteiger charge is -2.23. The summed E-state index contributed by atoms with van der Waals surface area (Å²) in [5, 5.41) is 0.771. The van der Waals surface area contributed by atoms with Crippen molar-refractivity contribution in [2.24, 2.45) is 0 Å². The van der Waals surface area contributed by atoms with Crippen molar-refractivity contribution in [1.29, 1.82) is 0 Å². The minimum Gasteiger partial charge on any atom is -0.269 e. The molecule has 0 aromatic carbocycles. The van der Waals surface area contributed by atoms with Crippen molar-refractivity contribution in [1.82, 2.24) is 5.12 Å². The van der Waals surface area contributed by atoms with E-state index in [4.69, 9.17) is 0 Å². The maximum absolute atomic E-state index is 12.9. The van der Waals surface area contributed by atoms with Crippen LogP contribution in [0.4, 0.5) is 23.3 Å². The number of halogens is 5. The molecule has 0 bridgehead atoms. The maximum atomic E-state index is 12.9. The van der Waals surface area contributed by atoms with E-state index < -0.39 is 0 Å². The number of nitrogens with zero attached hydrogens (tertiary/aromatic N) is 1. The summed E-state index contributed by atoms with van der Waals surface area (Å²) in [6, 6.07) is -0.106. The van der Waals surface area contributed by atoms with E-state index in [0.29, 0.717) is 5.70 Å². The zero-order valence-corrected chi connectivity index (χ0v) is 8.77. The Hall–Kier alpha value is -1.01. The molecular formula is C8H16BF5N. The first-order chi connectivity index (χ1) is 4.61. The average Bonchev–Trinajstić information content (AvgIpc) is 1.82. The zero-order chi connectivity index (χ0) is 7.72. The fourth-order valence-electron chi connectivity index (χ4n) is 1.21. The van der Waals surface area contributed by atoms with Gasteiger partial charge in [-0.2, -0.15) is 0 Å². The van der Waals surface area contributed by atoms with Gasteiger partial charge in [0.05, 0.1) is 6.04 Å². The van der Waals surface area contributed by atoms with Crippen LogP contribution in [0.5, 0.6) is 0 Å². The van der Waals surface area contributed by atoms with E-state index in [0.717, 1.165) is 10.7 Å². The predicted molar refractivity (Wildman–Crippen MR) is 55.7 cm³/mol. The van der Waals surface area contributed by atoms with E-state index in [-0.39, 0.29) is 33.3 Å². The van der Waals surface area contributed by atoms with Gasteiger partial charge in [-0.05, 0) is 26.8 Å². The fourth-order valence-corrected chi connectivity index (χ4v) is 1.21. The lowest BCUT2D eigenvalue weighted by atomic mass is 10.1. The second kappa shape index (κ2) is 11.1. The first-order valence-corrected chi connectivity index (χ1v) is 3.43. The van der Waals surface area contributed by atoms with Gasteiger partial charge < -0.3 is 0 Å². The molecule has 0 N–H and O–H groups in total. The van der Waals surface area contributed by atoms with Crippen LogP contribution in [0.25, 0.3) is 0 Å². The minimum absolute atomic E-state index is 0. The van der Waals surface area contributed by atoms with Gasteiger partial charge in [-0.15, -0.1) is 0 Å². The molecule has 91 valence electrons. The van der Waals surface area contributed by atoms with Crippen LogP contribution >= 0.6 is 0 Å². The minimum atomic E-state index is -0.106. The van der Waals surface area contributed by atoms with E-state index >= 15 is 0 Å². The van der Waals surface area contributed by atoms with Crippen molar-refractivity contribution in [3.63, 3.8) is 0 Å². The molecule has 0 aromatic heterocycles. The van der Waals surface area contributed by atoms with Crippen LogP contribution in [0.3, 0.4) is 0 Å². The SMILES string of the molecule is CC1=CC(C)N(F)C(C)=C1.F.F.F.F.[B]. The molecule has 0 saturated heterocycles. The van der Waals surface area contributed by atoms with Crippen molar-refractivity contribution in [2.45, 2.75) is 26.8 Å². The van der Waals surface area contributed by atoms with E-state index in [2.05, 4.69) is 0 Å². The molecule has 0 aliphatic carbocycles. The van der Waals surface area contributed by atoms with Crippen LogP contribution in [0.1, 0.15) is 20.8 Å². The first-order valence-electron chi connectivity index (χ1n) is 3.43. The summed E-state index contributed by atoms with van der Waals surface area (Å²) in [6.07, 6.45) is 3.73. The first kappa shape index (κ1) is 29.2. The van der Waals surface area contributed by atoms with Gasteiger partial charge in [-0.1, -0.05) is 16.1 Å². The van der Waals surface area contributed by atoms with Crippen LogP contribution in [0, 0.1) is 0 Å².